The molecule has 0 fully saturated rings. The van der Waals surface area contributed by atoms with E-state index in [0.29, 0.717) is 11.6 Å². The van der Waals surface area contributed by atoms with E-state index in [9.17, 15) is 8.42 Å². The van der Waals surface area contributed by atoms with Crippen LogP contribution in [0.15, 0.2) is 71.8 Å². The molecule has 5 rings (SSSR count). The van der Waals surface area contributed by atoms with Crippen LogP contribution in [-0.2, 0) is 10.0 Å². The second-order valence-electron chi connectivity index (χ2n) is 8.93. The molecule has 2 N–H and O–H groups in total. The van der Waals surface area contributed by atoms with Gasteiger partial charge in [-0.15, -0.1) is 0 Å². The number of hydrogen-bond acceptors (Lipinski definition) is 3. The Hall–Kier alpha value is -2.35. The summed E-state index contributed by atoms with van der Waals surface area (Å²) in [6.07, 6.45) is 7.07. The van der Waals surface area contributed by atoms with Gasteiger partial charge in [-0.05, 0) is 84.6 Å². The van der Waals surface area contributed by atoms with Crippen molar-refractivity contribution in [2.75, 3.05) is 26.2 Å². The molecule has 0 atom stereocenters. The van der Waals surface area contributed by atoms with Gasteiger partial charge in [0.25, 0.3) is 0 Å². The minimum absolute atomic E-state index is 0.277. The molecule has 5 nitrogen and oxygen atoms in total. The molecule has 8 heteroatoms. The Labute approximate surface area is 215 Å². The molecule has 35 heavy (non-hydrogen) atoms. The first kappa shape index (κ1) is 24.3. The number of nitrogens with one attached hydrogen (secondary N) is 2. The summed E-state index contributed by atoms with van der Waals surface area (Å²) >= 11 is 12.2. The molecule has 3 aromatic carbocycles. The Morgan fingerprint density at radius 3 is 2.54 bits per heavy atom. The lowest BCUT2D eigenvalue weighted by Crippen LogP contribution is -2.30. The predicted molar refractivity (Wildman–Crippen MR) is 146 cm³/mol. The van der Waals surface area contributed by atoms with Gasteiger partial charge in [0.15, 0.2) is 0 Å². The van der Waals surface area contributed by atoms with Gasteiger partial charge in [0, 0.05) is 52.3 Å². The summed E-state index contributed by atoms with van der Waals surface area (Å²) in [6, 6.07) is 16.5. The maximum atomic E-state index is 12.7. The minimum Gasteiger partial charge on any atom is -0.361 e. The van der Waals surface area contributed by atoms with Crippen LogP contribution in [0.25, 0.3) is 27.2 Å². The van der Waals surface area contributed by atoms with Crippen molar-refractivity contribution in [3.05, 3.63) is 82.5 Å². The minimum atomic E-state index is -3.54. The van der Waals surface area contributed by atoms with Gasteiger partial charge in [-0.25, -0.2) is 13.1 Å². The highest BCUT2D eigenvalue weighted by molar-refractivity contribution is 7.89. The Bertz CT molecular complexity index is 1510. The molecule has 0 bridgehead atoms. The maximum absolute atomic E-state index is 12.7. The highest BCUT2D eigenvalue weighted by Gasteiger charge is 2.17. The zero-order chi connectivity index (χ0) is 24.4. The fourth-order valence-electron chi connectivity index (χ4n) is 4.63. The Morgan fingerprint density at radius 2 is 1.71 bits per heavy atom. The first-order valence-corrected chi connectivity index (χ1v) is 14.0. The molecule has 0 unspecified atom stereocenters. The largest absolute Gasteiger partial charge is 0.361 e. The van der Waals surface area contributed by atoms with Crippen LogP contribution >= 0.6 is 23.2 Å². The number of aromatic amines is 1. The van der Waals surface area contributed by atoms with Gasteiger partial charge in [0.2, 0.25) is 10.0 Å². The van der Waals surface area contributed by atoms with E-state index in [1.54, 1.807) is 24.3 Å². The summed E-state index contributed by atoms with van der Waals surface area (Å²) in [7, 11) is -3.54. The van der Waals surface area contributed by atoms with Crippen LogP contribution in [0.2, 0.25) is 10.0 Å². The number of rotatable bonds is 8. The van der Waals surface area contributed by atoms with Crippen molar-refractivity contribution in [2.45, 2.75) is 24.2 Å². The van der Waals surface area contributed by atoms with Crippen LogP contribution in [0.5, 0.6) is 0 Å². The summed E-state index contributed by atoms with van der Waals surface area (Å²) < 4.78 is 28.1. The number of benzene rings is 3. The lowest BCUT2D eigenvalue weighted by molar-refractivity contribution is 0.295. The van der Waals surface area contributed by atoms with Gasteiger partial charge >= 0.3 is 0 Å². The molecule has 0 radical (unpaired) electrons. The van der Waals surface area contributed by atoms with Crippen LogP contribution in [0.4, 0.5) is 0 Å². The smallest absolute Gasteiger partial charge is 0.240 e. The van der Waals surface area contributed by atoms with Gasteiger partial charge in [-0.1, -0.05) is 41.4 Å². The van der Waals surface area contributed by atoms with E-state index in [2.05, 4.69) is 26.9 Å². The Balaban J connectivity index is 1.10. The van der Waals surface area contributed by atoms with Crippen molar-refractivity contribution in [2.24, 2.45) is 0 Å². The third-order valence-electron chi connectivity index (χ3n) is 6.56. The average Bonchev–Trinajstić information content (AvgIpc) is 3.27. The van der Waals surface area contributed by atoms with Gasteiger partial charge in [-0.3, -0.25) is 4.90 Å². The number of fused-ring (bicyclic) bond motifs is 2. The van der Waals surface area contributed by atoms with Crippen molar-refractivity contribution < 1.29 is 8.42 Å². The Kier molecular flexibility index (Phi) is 7.19. The molecular weight excluding hydrogens is 501 g/mol. The molecule has 0 amide bonds. The van der Waals surface area contributed by atoms with Crippen molar-refractivity contribution in [3.8, 4) is 0 Å². The van der Waals surface area contributed by atoms with E-state index in [1.165, 1.54) is 16.5 Å². The molecular formula is C27H27Cl2N3O2S. The number of sulfonamides is 1. The third kappa shape index (κ3) is 5.57. The third-order valence-corrected chi connectivity index (χ3v) is 8.49. The standard InChI is InChI=1S/C27H27Cl2N3O2S/c28-22-5-3-21-16-24(7-4-20(21)15-22)35(33,34)31-11-1-2-12-32-13-9-19(10-14-32)26-18-30-27-8-6-23(29)17-25(26)27/h3-9,15-18,30-31H,1-2,10-14H2. The van der Waals surface area contributed by atoms with Crippen molar-refractivity contribution in [1.29, 1.82) is 0 Å². The lowest BCUT2D eigenvalue weighted by Gasteiger charge is -2.26. The fraction of sp³-hybridized carbons (Fsp3) is 0.259. The predicted octanol–water partition coefficient (Wildman–Crippen LogP) is 6.48. The average molecular weight is 529 g/mol. The molecule has 1 aromatic heterocycles. The second kappa shape index (κ2) is 10.3. The highest BCUT2D eigenvalue weighted by Crippen LogP contribution is 2.31. The first-order valence-electron chi connectivity index (χ1n) is 11.8. The summed E-state index contributed by atoms with van der Waals surface area (Å²) in [5, 5.41) is 4.32. The van der Waals surface area contributed by atoms with Crippen LogP contribution in [-0.4, -0.2) is 44.5 Å². The van der Waals surface area contributed by atoms with E-state index < -0.39 is 10.0 Å². The van der Waals surface area contributed by atoms with Crippen LogP contribution in [0.3, 0.4) is 0 Å². The van der Waals surface area contributed by atoms with Crippen LogP contribution < -0.4 is 4.72 Å². The van der Waals surface area contributed by atoms with E-state index in [1.807, 2.05) is 30.3 Å². The first-order chi connectivity index (χ1) is 16.9. The molecule has 1 aliphatic heterocycles. The van der Waals surface area contributed by atoms with Gasteiger partial charge in [0.1, 0.15) is 0 Å². The van der Waals surface area contributed by atoms with Gasteiger partial charge in [0.05, 0.1) is 4.90 Å². The van der Waals surface area contributed by atoms with Crippen LogP contribution in [0, 0.1) is 0 Å². The molecule has 0 spiro atoms. The number of hydrogen-bond donors (Lipinski definition) is 2. The number of halogens is 2. The van der Waals surface area contributed by atoms with E-state index in [4.69, 9.17) is 23.2 Å². The van der Waals surface area contributed by atoms with E-state index in [-0.39, 0.29) is 4.90 Å². The fourth-order valence-corrected chi connectivity index (χ4v) is 6.09. The zero-order valence-electron chi connectivity index (χ0n) is 19.2. The second-order valence-corrected chi connectivity index (χ2v) is 11.6. The molecule has 1 aliphatic rings. The number of unbranched alkanes of at least 4 members (excludes halogenated alkanes) is 1. The quantitative estimate of drug-likeness (QED) is 0.258. The number of aromatic nitrogens is 1. The van der Waals surface area contributed by atoms with Crippen molar-refractivity contribution in [3.63, 3.8) is 0 Å². The Morgan fingerprint density at radius 1 is 0.943 bits per heavy atom. The monoisotopic (exact) mass is 527 g/mol. The molecule has 182 valence electrons. The topological polar surface area (TPSA) is 65.2 Å². The molecule has 2 heterocycles. The summed E-state index contributed by atoms with van der Waals surface area (Å²) in [4.78, 5) is 6.02. The normalized spacial score (nSPS) is 15.1. The molecule has 0 aliphatic carbocycles. The number of H-pyrrole nitrogens is 1. The van der Waals surface area contributed by atoms with Crippen LogP contribution in [0.1, 0.15) is 24.8 Å². The summed E-state index contributed by atoms with van der Waals surface area (Å²) in [5.74, 6) is 0. The van der Waals surface area contributed by atoms with Gasteiger partial charge in [-0.2, -0.15) is 0 Å². The highest BCUT2D eigenvalue weighted by atomic mass is 35.5. The van der Waals surface area contributed by atoms with E-state index in [0.717, 1.165) is 60.2 Å². The summed E-state index contributed by atoms with van der Waals surface area (Å²) in [5.41, 5.74) is 3.68. The molecule has 4 aromatic rings. The van der Waals surface area contributed by atoms with Crippen molar-refractivity contribution in [1.82, 2.24) is 14.6 Å². The lowest BCUT2D eigenvalue weighted by atomic mass is 9.99. The SMILES string of the molecule is O=S(=O)(NCCCCN1CC=C(c2c[nH]c3ccc(Cl)cc23)CC1)c1ccc2cc(Cl)ccc2c1. The molecule has 0 saturated carbocycles. The van der Waals surface area contributed by atoms with Gasteiger partial charge < -0.3 is 4.98 Å². The summed E-state index contributed by atoms with van der Waals surface area (Å²) in [6.45, 7) is 3.26. The van der Waals surface area contributed by atoms with E-state index >= 15 is 0 Å². The molecule has 0 saturated heterocycles. The number of nitrogens with zero attached hydrogens (tertiary/aromatic N) is 1. The maximum Gasteiger partial charge on any atom is 0.240 e. The van der Waals surface area contributed by atoms with Crippen molar-refractivity contribution >= 4 is 60.5 Å². The zero-order valence-corrected chi connectivity index (χ0v) is 21.6.